The molecule has 104 valence electrons. The van der Waals surface area contributed by atoms with Crippen molar-refractivity contribution in [2.45, 2.75) is 18.8 Å². The third-order valence-corrected chi connectivity index (χ3v) is 2.92. The summed E-state index contributed by atoms with van der Waals surface area (Å²) in [5.41, 5.74) is -0.191. The number of benzene rings is 1. The SMILES string of the molecule is O=C1OCC(CO)N1Cc1ccc(C(F)(F)F)cc1. The lowest BCUT2D eigenvalue weighted by atomic mass is 10.1. The minimum Gasteiger partial charge on any atom is -0.447 e. The molecule has 1 aromatic rings. The van der Waals surface area contributed by atoms with Gasteiger partial charge in [0.15, 0.2) is 0 Å². The third-order valence-electron chi connectivity index (χ3n) is 2.92. The quantitative estimate of drug-likeness (QED) is 0.918. The van der Waals surface area contributed by atoms with Gasteiger partial charge in [0.25, 0.3) is 0 Å². The van der Waals surface area contributed by atoms with Gasteiger partial charge in [-0.2, -0.15) is 13.2 Å². The minimum atomic E-state index is -4.38. The first-order chi connectivity index (χ1) is 8.91. The number of halogens is 3. The van der Waals surface area contributed by atoms with Crippen LogP contribution in [0.25, 0.3) is 0 Å². The van der Waals surface area contributed by atoms with Crippen molar-refractivity contribution in [2.24, 2.45) is 0 Å². The van der Waals surface area contributed by atoms with Crippen LogP contribution in [0, 0.1) is 0 Å². The molecule has 0 radical (unpaired) electrons. The fraction of sp³-hybridized carbons (Fsp3) is 0.417. The van der Waals surface area contributed by atoms with E-state index in [9.17, 15) is 18.0 Å². The Morgan fingerprint density at radius 2 is 1.95 bits per heavy atom. The monoisotopic (exact) mass is 275 g/mol. The molecule has 1 N–H and O–H groups in total. The van der Waals surface area contributed by atoms with E-state index < -0.39 is 23.9 Å². The summed E-state index contributed by atoms with van der Waals surface area (Å²) in [5.74, 6) is 0. The van der Waals surface area contributed by atoms with Crippen LogP contribution >= 0.6 is 0 Å². The molecule has 1 aromatic carbocycles. The summed E-state index contributed by atoms with van der Waals surface area (Å²) in [4.78, 5) is 12.7. The second-order valence-electron chi connectivity index (χ2n) is 4.24. The van der Waals surface area contributed by atoms with Crippen LogP contribution in [-0.4, -0.2) is 35.4 Å². The van der Waals surface area contributed by atoms with Gasteiger partial charge in [-0.3, -0.25) is 4.90 Å². The highest BCUT2D eigenvalue weighted by Crippen LogP contribution is 2.29. The average molecular weight is 275 g/mol. The van der Waals surface area contributed by atoms with E-state index in [1.165, 1.54) is 17.0 Å². The number of amides is 1. The second-order valence-corrected chi connectivity index (χ2v) is 4.24. The van der Waals surface area contributed by atoms with Crippen molar-refractivity contribution in [3.63, 3.8) is 0 Å². The third kappa shape index (κ3) is 2.98. The van der Waals surface area contributed by atoms with Gasteiger partial charge in [-0.25, -0.2) is 4.79 Å². The van der Waals surface area contributed by atoms with Gasteiger partial charge in [0.1, 0.15) is 6.61 Å². The zero-order chi connectivity index (χ0) is 14.0. The van der Waals surface area contributed by atoms with Gasteiger partial charge in [0.05, 0.1) is 18.2 Å². The summed E-state index contributed by atoms with van der Waals surface area (Å²) in [6.45, 7) is -0.0372. The Balaban J connectivity index is 2.09. The molecule has 0 saturated carbocycles. The maximum atomic E-state index is 12.4. The van der Waals surface area contributed by atoms with Crippen LogP contribution in [0.15, 0.2) is 24.3 Å². The molecule has 1 atom stereocenters. The van der Waals surface area contributed by atoms with E-state index in [2.05, 4.69) is 0 Å². The van der Waals surface area contributed by atoms with Gasteiger partial charge in [-0.1, -0.05) is 12.1 Å². The summed E-state index contributed by atoms with van der Waals surface area (Å²) in [7, 11) is 0. The van der Waals surface area contributed by atoms with Crippen molar-refractivity contribution >= 4 is 6.09 Å². The van der Waals surface area contributed by atoms with Crippen LogP contribution in [-0.2, 0) is 17.5 Å². The number of carbonyl (C=O) groups excluding carboxylic acids is 1. The molecule has 2 rings (SSSR count). The van der Waals surface area contributed by atoms with E-state index >= 15 is 0 Å². The van der Waals surface area contributed by atoms with Gasteiger partial charge in [0, 0.05) is 6.54 Å². The minimum absolute atomic E-state index is 0.0932. The Morgan fingerprint density at radius 3 is 2.47 bits per heavy atom. The molecule has 1 aliphatic heterocycles. The van der Waals surface area contributed by atoms with Crippen molar-refractivity contribution in [3.05, 3.63) is 35.4 Å². The van der Waals surface area contributed by atoms with E-state index in [1.54, 1.807) is 0 Å². The molecule has 1 fully saturated rings. The maximum absolute atomic E-state index is 12.4. The number of ether oxygens (including phenoxy) is 1. The number of carbonyl (C=O) groups is 1. The van der Waals surface area contributed by atoms with E-state index in [0.29, 0.717) is 5.56 Å². The summed E-state index contributed by atoms with van der Waals surface area (Å²) >= 11 is 0. The average Bonchev–Trinajstić information content (AvgIpc) is 2.70. The summed E-state index contributed by atoms with van der Waals surface area (Å²) in [5, 5.41) is 9.06. The molecule has 1 aliphatic rings. The molecule has 0 bridgehead atoms. The molecule has 0 spiro atoms. The molecular formula is C12H12F3NO3. The summed E-state index contributed by atoms with van der Waals surface area (Å²) < 4.78 is 41.9. The molecule has 0 aromatic heterocycles. The number of rotatable bonds is 3. The number of hydrogen-bond acceptors (Lipinski definition) is 3. The van der Waals surface area contributed by atoms with E-state index in [1.807, 2.05) is 0 Å². The van der Waals surface area contributed by atoms with Gasteiger partial charge < -0.3 is 9.84 Å². The van der Waals surface area contributed by atoms with Crippen LogP contribution in [0.2, 0.25) is 0 Å². The lowest BCUT2D eigenvalue weighted by Crippen LogP contribution is -2.35. The molecule has 1 unspecified atom stereocenters. The Hall–Kier alpha value is -1.76. The first-order valence-electron chi connectivity index (χ1n) is 5.62. The summed E-state index contributed by atoms with van der Waals surface area (Å²) in [6, 6.07) is 4.09. The smallest absolute Gasteiger partial charge is 0.416 e. The Labute approximate surface area is 107 Å². The number of hydrogen-bond donors (Lipinski definition) is 1. The highest BCUT2D eigenvalue weighted by Gasteiger charge is 2.33. The van der Waals surface area contributed by atoms with Crippen molar-refractivity contribution in [2.75, 3.05) is 13.2 Å². The van der Waals surface area contributed by atoms with Gasteiger partial charge in [0.2, 0.25) is 0 Å². The molecule has 1 heterocycles. The maximum Gasteiger partial charge on any atom is 0.416 e. The van der Waals surface area contributed by atoms with Crippen molar-refractivity contribution in [1.82, 2.24) is 4.90 Å². The topological polar surface area (TPSA) is 49.8 Å². The molecule has 4 nitrogen and oxygen atoms in total. The Bertz CT molecular complexity index is 458. The highest BCUT2D eigenvalue weighted by atomic mass is 19.4. The number of alkyl halides is 3. The van der Waals surface area contributed by atoms with Crippen LogP contribution in [0.5, 0.6) is 0 Å². The molecule has 7 heteroatoms. The normalized spacial score (nSPS) is 19.7. The van der Waals surface area contributed by atoms with Crippen LogP contribution in [0.1, 0.15) is 11.1 Å². The van der Waals surface area contributed by atoms with Crippen LogP contribution in [0.4, 0.5) is 18.0 Å². The first kappa shape index (κ1) is 13.7. The van der Waals surface area contributed by atoms with E-state index in [4.69, 9.17) is 9.84 Å². The van der Waals surface area contributed by atoms with Gasteiger partial charge >= 0.3 is 12.3 Å². The molecular weight excluding hydrogens is 263 g/mol. The lowest BCUT2D eigenvalue weighted by Gasteiger charge is -2.19. The molecule has 19 heavy (non-hydrogen) atoms. The fourth-order valence-electron chi connectivity index (χ4n) is 1.83. The van der Waals surface area contributed by atoms with E-state index in [-0.39, 0.29) is 19.8 Å². The van der Waals surface area contributed by atoms with Crippen LogP contribution < -0.4 is 0 Å². The standard InChI is InChI=1S/C12H12F3NO3/c13-12(14,15)9-3-1-8(2-4-9)5-16-10(6-17)7-19-11(16)18/h1-4,10,17H,5-7H2. The van der Waals surface area contributed by atoms with Crippen molar-refractivity contribution < 1.29 is 27.8 Å². The zero-order valence-electron chi connectivity index (χ0n) is 9.85. The largest absolute Gasteiger partial charge is 0.447 e. The second kappa shape index (κ2) is 5.08. The fourth-order valence-corrected chi connectivity index (χ4v) is 1.83. The number of aliphatic hydroxyl groups is 1. The predicted molar refractivity (Wildman–Crippen MR) is 59.2 cm³/mol. The van der Waals surface area contributed by atoms with Crippen LogP contribution in [0.3, 0.4) is 0 Å². The Kier molecular flexibility index (Phi) is 3.66. The molecule has 0 aliphatic carbocycles. The molecule has 1 amide bonds. The van der Waals surface area contributed by atoms with Crippen molar-refractivity contribution in [1.29, 1.82) is 0 Å². The highest BCUT2D eigenvalue weighted by molar-refractivity contribution is 5.70. The lowest BCUT2D eigenvalue weighted by molar-refractivity contribution is -0.137. The number of cyclic esters (lactones) is 1. The van der Waals surface area contributed by atoms with Gasteiger partial charge in [-0.05, 0) is 17.7 Å². The number of nitrogens with zero attached hydrogens (tertiary/aromatic N) is 1. The first-order valence-corrected chi connectivity index (χ1v) is 5.62. The Morgan fingerprint density at radius 1 is 1.32 bits per heavy atom. The zero-order valence-corrected chi connectivity index (χ0v) is 9.85. The number of aliphatic hydroxyl groups excluding tert-OH is 1. The van der Waals surface area contributed by atoms with Gasteiger partial charge in [-0.15, -0.1) is 0 Å². The summed E-state index contributed by atoms with van der Waals surface area (Å²) in [6.07, 6.45) is -4.95. The van der Waals surface area contributed by atoms with E-state index in [0.717, 1.165) is 12.1 Å². The molecule has 1 saturated heterocycles. The predicted octanol–water partition coefficient (Wildman–Crippen LogP) is 2.02. The van der Waals surface area contributed by atoms with Crippen molar-refractivity contribution in [3.8, 4) is 0 Å².